The Kier molecular flexibility index (Phi) is 5.18. The number of phenols is 1. The Balaban J connectivity index is 1.70. The minimum atomic E-state index is -0.0176. The van der Waals surface area contributed by atoms with Crippen LogP contribution in [0.3, 0.4) is 0 Å². The summed E-state index contributed by atoms with van der Waals surface area (Å²) in [6.07, 6.45) is 3.20. The number of rotatable bonds is 3. The first kappa shape index (κ1) is 16.3. The lowest BCUT2D eigenvalue weighted by atomic mass is 9.99. The Labute approximate surface area is 137 Å². The van der Waals surface area contributed by atoms with Gasteiger partial charge in [0.25, 0.3) is 0 Å². The molecule has 2 fully saturated rings. The number of morpholine rings is 1. The van der Waals surface area contributed by atoms with Gasteiger partial charge in [-0.2, -0.15) is 0 Å². The molecule has 0 aliphatic carbocycles. The lowest BCUT2D eigenvalue weighted by Gasteiger charge is -2.38. The molecule has 0 bridgehead atoms. The molecule has 2 heterocycles. The van der Waals surface area contributed by atoms with Gasteiger partial charge in [0.2, 0.25) is 5.91 Å². The van der Waals surface area contributed by atoms with Crippen molar-refractivity contribution in [3.8, 4) is 5.75 Å². The largest absolute Gasteiger partial charge is 0.508 e. The number of piperidine rings is 1. The van der Waals surface area contributed by atoms with Crippen LogP contribution in [0.25, 0.3) is 0 Å². The normalized spacial score (nSPS) is 23.0. The fraction of sp³-hybridized carbons (Fsp3) is 0.611. The predicted octanol–water partition coefficient (Wildman–Crippen LogP) is 1.91. The van der Waals surface area contributed by atoms with Crippen LogP contribution in [0.1, 0.15) is 30.4 Å². The highest BCUT2D eigenvalue weighted by Crippen LogP contribution is 2.24. The molecule has 2 aliphatic heterocycles. The Hall–Kier alpha value is -1.59. The van der Waals surface area contributed by atoms with E-state index in [1.165, 1.54) is 0 Å². The molecular weight excluding hydrogens is 292 g/mol. The van der Waals surface area contributed by atoms with Crippen LogP contribution in [0.5, 0.6) is 5.75 Å². The number of amides is 1. The van der Waals surface area contributed by atoms with Crippen LogP contribution >= 0.6 is 0 Å². The summed E-state index contributed by atoms with van der Waals surface area (Å²) in [4.78, 5) is 17.1. The van der Waals surface area contributed by atoms with Crippen molar-refractivity contribution in [3.63, 3.8) is 0 Å². The van der Waals surface area contributed by atoms with Gasteiger partial charge in [0, 0.05) is 19.6 Å². The van der Waals surface area contributed by atoms with Gasteiger partial charge in [0.1, 0.15) is 5.75 Å². The second-order valence-corrected chi connectivity index (χ2v) is 6.54. The maximum Gasteiger partial charge on any atom is 0.240 e. The van der Waals surface area contributed by atoms with Crippen molar-refractivity contribution in [1.82, 2.24) is 9.80 Å². The summed E-state index contributed by atoms with van der Waals surface area (Å²) in [6, 6.07) is 5.69. The second kappa shape index (κ2) is 7.32. The van der Waals surface area contributed by atoms with Crippen molar-refractivity contribution in [1.29, 1.82) is 0 Å². The Morgan fingerprint density at radius 3 is 2.78 bits per heavy atom. The van der Waals surface area contributed by atoms with Crippen molar-refractivity contribution in [2.24, 2.45) is 0 Å². The summed E-state index contributed by atoms with van der Waals surface area (Å²) in [5.41, 5.74) is 2.04. The average Bonchev–Trinajstić information content (AvgIpc) is 2.59. The van der Waals surface area contributed by atoms with E-state index in [2.05, 4.69) is 4.90 Å². The minimum Gasteiger partial charge on any atom is -0.508 e. The molecule has 1 amide bonds. The number of hydrogen-bond acceptors (Lipinski definition) is 4. The number of carbonyl (C=O) groups excluding carboxylic acids is 1. The highest BCUT2D eigenvalue weighted by Gasteiger charge is 2.32. The standard InChI is InChI=1S/C18H26N2O3/c1-14-12-15(5-6-17(14)21)13-20-7-3-2-4-16(20)18(22)19-8-10-23-11-9-19/h5-6,12,16,21H,2-4,7-11,13H2,1H3. The number of aromatic hydroxyl groups is 1. The maximum atomic E-state index is 12.9. The molecule has 126 valence electrons. The lowest BCUT2D eigenvalue weighted by molar-refractivity contribution is -0.142. The average molecular weight is 318 g/mol. The summed E-state index contributed by atoms with van der Waals surface area (Å²) in [6.45, 7) is 6.35. The molecule has 2 saturated heterocycles. The molecule has 1 unspecified atom stereocenters. The molecule has 1 atom stereocenters. The van der Waals surface area contributed by atoms with Gasteiger partial charge in [-0.25, -0.2) is 0 Å². The summed E-state index contributed by atoms with van der Waals surface area (Å²) in [7, 11) is 0. The van der Waals surface area contributed by atoms with Crippen molar-refractivity contribution in [2.45, 2.75) is 38.8 Å². The van der Waals surface area contributed by atoms with E-state index in [0.717, 1.165) is 43.5 Å². The number of nitrogens with zero attached hydrogens (tertiary/aromatic N) is 2. The van der Waals surface area contributed by atoms with Gasteiger partial charge in [-0.15, -0.1) is 0 Å². The minimum absolute atomic E-state index is 0.0176. The summed E-state index contributed by atoms with van der Waals surface area (Å²) < 4.78 is 5.35. The molecule has 3 rings (SSSR count). The van der Waals surface area contributed by atoms with Crippen LogP contribution in [0, 0.1) is 6.92 Å². The number of aryl methyl sites for hydroxylation is 1. The topological polar surface area (TPSA) is 53.0 Å². The van der Waals surface area contributed by atoms with Gasteiger partial charge in [-0.3, -0.25) is 9.69 Å². The first-order chi connectivity index (χ1) is 11.1. The summed E-state index contributed by atoms with van der Waals surface area (Å²) in [5, 5.41) is 9.67. The van der Waals surface area contributed by atoms with Gasteiger partial charge < -0.3 is 14.7 Å². The van der Waals surface area contributed by atoms with Crippen LogP contribution in [-0.4, -0.2) is 59.7 Å². The Bertz CT molecular complexity index is 555. The van der Waals surface area contributed by atoms with Crippen molar-refractivity contribution >= 4 is 5.91 Å². The molecule has 23 heavy (non-hydrogen) atoms. The second-order valence-electron chi connectivity index (χ2n) is 6.54. The molecule has 1 aromatic carbocycles. The third-order valence-corrected chi connectivity index (χ3v) is 4.87. The number of carbonyl (C=O) groups is 1. The monoisotopic (exact) mass is 318 g/mol. The van der Waals surface area contributed by atoms with E-state index in [1.807, 2.05) is 24.0 Å². The number of phenolic OH excluding ortho intramolecular Hbond substituents is 1. The number of hydrogen-bond donors (Lipinski definition) is 1. The number of benzene rings is 1. The van der Waals surface area contributed by atoms with Crippen LogP contribution in [0.2, 0.25) is 0 Å². The van der Waals surface area contributed by atoms with E-state index in [9.17, 15) is 9.90 Å². The first-order valence-corrected chi connectivity index (χ1v) is 8.54. The Morgan fingerprint density at radius 2 is 2.04 bits per heavy atom. The van der Waals surface area contributed by atoms with Crippen LogP contribution in [-0.2, 0) is 16.1 Å². The van der Waals surface area contributed by atoms with Gasteiger partial charge >= 0.3 is 0 Å². The van der Waals surface area contributed by atoms with Crippen LogP contribution in [0.15, 0.2) is 18.2 Å². The van der Waals surface area contributed by atoms with Crippen LogP contribution in [0.4, 0.5) is 0 Å². The highest BCUT2D eigenvalue weighted by molar-refractivity contribution is 5.82. The molecule has 5 heteroatoms. The zero-order valence-corrected chi connectivity index (χ0v) is 13.8. The van der Waals surface area contributed by atoms with E-state index >= 15 is 0 Å². The van der Waals surface area contributed by atoms with E-state index in [0.29, 0.717) is 32.1 Å². The highest BCUT2D eigenvalue weighted by atomic mass is 16.5. The van der Waals surface area contributed by atoms with Gasteiger partial charge in [0.15, 0.2) is 0 Å². The van der Waals surface area contributed by atoms with E-state index in [1.54, 1.807) is 6.07 Å². The molecule has 0 saturated carbocycles. The smallest absolute Gasteiger partial charge is 0.240 e. The van der Waals surface area contributed by atoms with E-state index < -0.39 is 0 Å². The predicted molar refractivity (Wildman–Crippen MR) is 88.3 cm³/mol. The zero-order valence-electron chi connectivity index (χ0n) is 13.8. The third kappa shape index (κ3) is 3.85. The molecule has 0 spiro atoms. The zero-order chi connectivity index (χ0) is 16.2. The molecule has 5 nitrogen and oxygen atoms in total. The van der Waals surface area contributed by atoms with E-state index in [4.69, 9.17) is 4.74 Å². The molecular formula is C18H26N2O3. The van der Waals surface area contributed by atoms with Gasteiger partial charge in [-0.1, -0.05) is 18.6 Å². The summed E-state index contributed by atoms with van der Waals surface area (Å²) in [5.74, 6) is 0.580. The van der Waals surface area contributed by atoms with Gasteiger partial charge in [0.05, 0.1) is 19.3 Å². The van der Waals surface area contributed by atoms with Crippen LogP contribution < -0.4 is 0 Å². The summed E-state index contributed by atoms with van der Waals surface area (Å²) >= 11 is 0. The molecule has 0 aromatic heterocycles. The quantitative estimate of drug-likeness (QED) is 0.925. The fourth-order valence-corrected chi connectivity index (χ4v) is 3.50. The van der Waals surface area contributed by atoms with Crippen molar-refractivity contribution < 1.29 is 14.6 Å². The van der Waals surface area contributed by atoms with Gasteiger partial charge in [-0.05, 0) is 43.5 Å². The molecule has 1 N–H and O–H groups in total. The van der Waals surface area contributed by atoms with Crippen molar-refractivity contribution in [3.05, 3.63) is 29.3 Å². The number of ether oxygens (including phenoxy) is 1. The molecule has 0 radical (unpaired) electrons. The SMILES string of the molecule is Cc1cc(CN2CCCCC2C(=O)N2CCOCC2)ccc1O. The number of likely N-dealkylation sites (tertiary alicyclic amines) is 1. The first-order valence-electron chi connectivity index (χ1n) is 8.54. The third-order valence-electron chi connectivity index (χ3n) is 4.87. The van der Waals surface area contributed by atoms with E-state index in [-0.39, 0.29) is 11.9 Å². The molecule has 1 aromatic rings. The van der Waals surface area contributed by atoms with Crippen molar-refractivity contribution in [2.75, 3.05) is 32.8 Å². The molecule has 2 aliphatic rings. The lowest BCUT2D eigenvalue weighted by Crippen LogP contribution is -2.53. The Morgan fingerprint density at radius 1 is 1.26 bits per heavy atom. The maximum absolute atomic E-state index is 12.9. The fourth-order valence-electron chi connectivity index (χ4n) is 3.50.